The second-order valence-electron chi connectivity index (χ2n) is 5.24. The zero-order chi connectivity index (χ0) is 16.2. The Labute approximate surface area is 143 Å². The standard InChI is InChI=1S/C18H15N5S/c1-2-4-14(5-3-1)24-15-8-6-13(7-9-15)10-19-17-16-18(21-11-20-16)23-12-22-17/h1-9,11-12H,10H2,(H2,19,20,21,22,23). The van der Waals surface area contributed by atoms with Gasteiger partial charge < -0.3 is 10.3 Å². The highest BCUT2D eigenvalue weighted by Crippen LogP contribution is 2.27. The Morgan fingerprint density at radius 3 is 2.50 bits per heavy atom. The maximum absolute atomic E-state index is 4.27. The van der Waals surface area contributed by atoms with Crippen molar-refractivity contribution in [1.82, 2.24) is 19.9 Å². The summed E-state index contributed by atoms with van der Waals surface area (Å²) >= 11 is 1.76. The average Bonchev–Trinajstić information content (AvgIpc) is 3.11. The number of nitrogens with one attached hydrogen (secondary N) is 2. The molecule has 2 heterocycles. The van der Waals surface area contributed by atoms with Gasteiger partial charge in [0, 0.05) is 16.3 Å². The predicted molar refractivity (Wildman–Crippen MR) is 96.0 cm³/mol. The first-order chi connectivity index (χ1) is 11.9. The highest BCUT2D eigenvalue weighted by Gasteiger charge is 2.05. The second-order valence-corrected chi connectivity index (χ2v) is 6.38. The van der Waals surface area contributed by atoms with Crippen molar-refractivity contribution in [3.8, 4) is 0 Å². The minimum atomic E-state index is 0.669. The first-order valence-electron chi connectivity index (χ1n) is 7.58. The van der Waals surface area contributed by atoms with E-state index in [1.54, 1.807) is 18.1 Å². The largest absolute Gasteiger partial charge is 0.364 e. The molecule has 2 aromatic carbocycles. The summed E-state index contributed by atoms with van der Waals surface area (Å²) in [4.78, 5) is 18.0. The Morgan fingerprint density at radius 1 is 0.875 bits per heavy atom. The van der Waals surface area contributed by atoms with Crippen LogP contribution in [0.25, 0.3) is 11.2 Å². The molecule has 0 saturated carbocycles. The average molecular weight is 333 g/mol. The summed E-state index contributed by atoms with van der Waals surface area (Å²) in [7, 11) is 0. The fourth-order valence-corrected chi connectivity index (χ4v) is 3.22. The van der Waals surface area contributed by atoms with Crippen LogP contribution in [-0.4, -0.2) is 19.9 Å². The number of hydrogen-bond acceptors (Lipinski definition) is 5. The van der Waals surface area contributed by atoms with Gasteiger partial charge in [-0.25, -0.2) is 15.0 Å². The zero-order valence-corrected chi connectivity index (χ0v) is 13.6. The Hall–Kier alpha value is -2.86. The van der Waals surface area contributed by atoms with Crippen molar-refractivity contribution in [2.24, 2.45) is 0 Å². The molecule has 5 nitrogen and oxygen atoms in total. The molecule has 6 heteroatoms. The van der Waals surface area contributed by atoms with E-state index in [2.05, 4.69) is 73.8 Å². The number of imidazole rings is 1. The van der Waals surface area contributed by atoms with E-state index in [-0.39, 0.29) is 0 Å². The van der Waals surface area contributed by atoms with Gasteiger partial charge in [0.25, 0.3) is 0 Å². The molecule has 2 N–H and O–H groups in total. The van der Waals surface area contributed by atoms with E-state index in [9.17, 15) is 0 Å². The Balaban J connectivity index is 1.43. The third-order valence-electron chi connectivity index (χ3n) is 3.59. The van der Waals surface area contributed by atoms with Crippen LogP contribution >= 0.6 is 11.8 Å². The molecule has 0 bridgehead atoms. The van der Waals surface area contributed by atoms with Crippen LogP contribution in [0.1, 0.15) is 5.56 Å². The van der Waals surface area contributed by atoms with Gasteiger partial charge in [-0.1, -0.05) is 42.1 Å². The number of aromatic amines is 1. The molecule has 2 aromatic heterocycles. The van der Waals surface area contributed by atoms with Gasteiger partial charge in [-0.2, -0.15) is 0 Å². The SMILES string of the molecule is c1ccc(Sc2ccc(CNc3ncnc4nc[nH]c34)cc2)cc1. The molecular weight excluding hydrogens is 318 g/mol. The number of nitrogens with zero attached hydrogens (tertiary/aromatic N) is 3. The lowest BCUT2D eigenvalue weighted by atomic mass is 10.2. The van der Waals surface area contributed by atoms with Crippen LogP contribution in [0.3, 0.4) is 0 Å². The lowest BCUT2D eigenvalue weighted by Gasteiger charge is -2.07. The summed E-state index contributed by atoms with van der Waals surface area (Å²) in [5.74, 6) is 0.764. The van der Waals surface area contributed by atoms with Crippen LogP contribution in [0.5, 0.6) is 0 Å². The van der Waals surface area contributed by atoms with E-state index < -0.39 is 0 Å². The van der Waals surface area contributed by atoms with E-state index in [0.717, 1.165) is 11.3 Å². The van der Waals surface area contributed by atoms with Gasteiger partial charge in [0.1, 0.15) is 11.8 Å². The number of benzene rings is 2. The predicted octanol–water partition coefficient (Wildman–Crippen LogP) is 4.12. The van der Waals surface area contributed by atoms with Gasteiger partial charge in [0.2, 0.25) is 0 Å². The van der Waals surface area contributed by atoms with E-state index in [0.29, 0.717) is 12.2 Å². The maximum Gasteiger partial charge on any atom is 0.182 e. The molecule has 4 rings (SSSR count). The molecule has 0 aliphatic carbocycles. The third-order valence-corrected chi connectivity index (χ3v) is 4.60. The highest BCUT2D eigenvalue weighted by atomic mass is 32.2. The lowest BCUT2D eigenvalue weighted by Crippen LogP contribution is -2.02. The van der Waals surface area contributed by atoms with Gasteiger partial charge in [0.15, 0.2) is 11.5 Å². The topological polar surface area (TPSA) is 66.5 Å². The van der Waals surface area contributed by atoms with E-state index in [1.165, 1.54) is 21.7 Å². The van der Waals surface area contributed by atoms with Crippen LogP contribution in [-0.2, 0) is 6.54 Å². The first kappa shape index (κ1) is 14.7. The number of rotatable bonds is 5. The second kappa shape index (κ2) is 6.72. The summed E-state index contributed by atoms with van der Waals surface area (Å²) in [6, 6.07) is 18.9. The van der Waals surface area contributed by atoms with Crippen LogP contribution in [0, 0.1) is 0 Å². The molecule has 0 fully saturated rings. The van der Waals surface area contributed by atoms with Crippen LogP contribution in [0.15, 0.2) is 77.0 Å². The highest BCUT2D eigenvalue weighted by molar-refractivity contribution is 7.99. The monoisotopic (exact) mass is 333 g/mol. The minimum absolute atomic E-state index is 0.669. The summed E-state index contributed by atoms with van der Waals surface area (Å²) in [6.07, 6.45) is 3.14. The maximum atomic E-state index is 4.27. The van der Waals surface area contributed by atoms with Gasteiger partial charge >= 0.3 is 0 Å². The summed E-state index contributed by atoms with van der Waals surface area (Å²) in [5.41, 5.74) is 2.69. The molecule has 0 amide bonds. The van der Waals surface area contributed by atoms with Crippen molar-refractivity contribution in [2.45, 2.75) is 16.3 Å². The summed E-state index contributed by atoms with van der Waals surface area (Å²) in [5, 5.41) is 3.33. The molecule has 0 saturated heterocycles. The number of anilines is 1. The molecule has 0 atom stereocenters. The number of hydrogen-bond donors (Lipinski definition) is 2. The molecule has 24 heavy (non-hydrogen) atoms. The minimum Gasteiger partial charge on any atom is -0.364 e. The molecule has 118 valence electrons. The first-order valence-corrected chi connectivity index (χ1v) is 8.40. The van der Waals surface area contributed by atoms with Crippen LogP contribution in [0.2, 0.25) is 0 Å². The third kappa shape index (κ3) is 3.23. The fraction of sp³-hybridized carbons (Fsp3) is 0.0556. The smallest absolute Gasteiger partial charge is 0.182 e. The van der Waals surface area contributed by atoms with E-state index in [1.807, 2.05) is 6.07 Å². The number of aromatic nitrogens is 4. The van der Waals surface area contributed by atoms with Gasteiger partial charge in [-0.3, -0.25) is 0 Å². The Bertz CT molecular complexity index is 934. The van der Waals surface area contributed by atoms with Crippen LogP contribution < -0.4 is 5.32 Å². The van der Waals surface area contributed by atoms with Gasteiger partial charge in [-0.05, 0) is 29.8 Å². The van der Waals surface area contributed by atoms with Crippen molar-refractivity contribution >= 4 is 28.7 Å². The normalized spacial score (nSPS) is 10.8. The summed E-state index contributed by atoms with van der Waals surface area (Å²) in [6.45, 7) is 0.696. The molecule has 0 unspecified atom stereocenters. The van der Waals surface area contributed by atoms with Crippen molar-refractivity contribution in [1.29, 1.82) is 0 Å². The molecule has 0 spiro atoms. The molecule has 4 aromatic rings. The molecular formula is C18H15N5S. The quantitative estimate of drug-likeness (QED) is 0.575. The fourth-order valence-electron chi connectivity index (χ4n) is 2.38. The van der Waals surface area contributed by atoms with Crippen molar-refractivity contribution in [3.63, 3.8) is 0 Å². The zero-order valence-electron chi connectivity index (χ0n) is 12.8. The molecule has 0 aliphatic heterocycles. The number of H-pyrrole nitrogens is 1. The van der Waals surface area contributed by atoms with E-state index in [4.69, 9.17) is 0 Å². The van der Waals surface area contributed by atoms with Crippen molar-refractivity contribution in [2.75, 3.05) is 5.32 Å². The van der Waals surface area contributed by atoms with Crippen molar-refractivity contribution in [3.05, 3.63) is 72.8 Å². The Kier molecular flexibility index (Phi) is 4.12. The summed E-state index contributed by atoms with van der Waals surface area (Å²) < 4.78 is 0. The Morgan fingerprint density at radius 2 is 1.67 bits per heavy atom. The van der Waals surface area contributed by atoms with Gasteiger partial charge in [0.05, 0.1) is 6.33 Å². The molecule has 0 radical (unpaired) electrons. The van der Waals surface area contributed by atoms with Crippen molar-refractivity contribution < 1.29 is 0 Å². The lowest BCUT2D eigenvalue weighted by molar-refractivity contribution is 1.09. The number of fused-ring (bicyclic) bond motifs is 1. The van der Waals surface area contributed by atoms with Gasteiger partial charge in [-0.15, -0.1) is 0 Å². The van der Waals surface area contributed by atoms with Crippen LogP contribution in [0.4, 0.5) is 5.82 Å². The van der Waals surface area contributed by atoms with E-state index >= 15 is 0 Å². The molecule has 0 aliphatic rings.